The van der Waals surface area contributed by atoms with Gasteiger partial charge in [-0.2, -0.15) is 0 Å². The Morgan fingerprint density at radius 3 is 2.69 bits per heavy atom. The van der Waals surface area contributed by atoms with Crippen molar-refractivity contribution in [3.05, 3.63) is 95.6 Å². The molecule has 1 fully saturated rings. The van der Waals surface area contributed by atoms with E-state index in [0.29, 0.717) is 18.9 Å². The van der Waals surface area contributed by atoms with Gasteiger partial charge in [0, 0.05) is 29.2 Å². The van der Waals surface area contributed by atoms with Crippen molar-refractivity contribution in [3.8, 4) is 5.75 Å². The maximum absolute atomic E-state index is 13.1. The molecule has 5 rings (SSSR count). The summed E-state index contributed by atoms with van der Waals surface area (Å²) in [7, 11) is 0. The van der Waals surface area contributed by atoms with E-state index in [1.165, 1.54) is 6.26 Å². The number of amides is 4. The van der Waals surface area contributed by atoms with Crippen molar-refractivity contribution in [2.24, 2.45) is 0 Å². The Bertz CT molecular complexity index is 1470. The van der Waals surface area contributed by atoms with Crippen LogP contribution in [0.25, 0.3) is 17.0 Å². The third kappa shape index (κ3) is 4.79. The number of barbiturate groups is 1. The second-order valence-corrected chi connectivity index (χ2v) is 8.60. The summed E-state index contributed by atoms with van der Waals surface area (Å²) >= 11 is 0. The van der Waals surface area contributed by atoms with E-state index in [1.54, 1.807) is 18.2 Å². The van der Waals surface area contributed by atoms with Crippen molar-refractivity contribution >= 4 is 34.8 Å². The third-order valence-electron chi connectivity index (χ3n) is 6.00. The first-order chi connectivity index (χ1) is 17.5. The van der Waals surface area contributed by atoms with Gasteiger partial charge in [0.25, 0.3) is 11.8 Å². The van der Waals surface area contributed by atoms with E-state index in [0.717, 1.165) is 39.1 Å². The van der Waals surface area contributed by atoms with E-state index in [-0.39, 0.29) is 12.1 Å². The van der Waals surface area contributed by atoms with Crippen molar-refractivity contribution in [2.75, 3.05) is 6.61 Å². The molecular formula is C28H25N3O5. The largest absolute Gasteiger partial charge is 0.494 e. The van der Waals surface area contributed by atoms with Gasteiger partial charge < -0.3 is 13.7 Å². The molecular weight excluding hydrogens is 458 g/mol. The molecule has 1 aliphatic heterocycles. The zero-order valence-corrected chi connectivity index (χ0v) is 19.8. The number of benzene rings is 2. The minimum Gasteiger partial charge on any atom is -0.494 e. The molecule has 182 valence electrons. The van der Waals surface area contributed by atoms with E-state index in [2.05, 4.69) is 9.88 Å². The van der Waals surface area contributed by atoms with Crippen LogP contribution in [0.1, 0.15) is 23.3 Å². The Morgan fingerprint density at radius 2 is 1.89 bits per heavy atom. The lowest BCUT2D eigenvalue weighted by Gasteiger charge is -2.25. The smallest absolute Gasteiger partial charge is 0.331 e. The number of carbonyl (C=O) groups excluding carboxylic acids is 3. The van der Waals surface area contributed by atoms with Gasteiger partial charge in [0.05, 0.1) is 19.4 Å². The molecule has 2 aromatic heterocycles. The molecule has 0 unspecified atom stereocenters. The van der Waals surface area contributed by atoms with Crippen LogP contribution < -0.4 is 10.1 Å². The summed E-state index contributed by atoms with van der Waals surface area (Å²) in [6.45, 7) is 3.21. The van der Waals surface area contributed by atoms with Gasteiger partial charge in [0.15, 0.2) is 0 Å². The van der Waals surface area contributed by atoms with Gasteiger partial charge in [-0.3, -0.25) is 19.8 Å². The van der Waals surface area contributed by atoms with Crippen LogP contribution in [0.4, 0.5) is 4.79 Å². The lowest BCUT2D eigenvalue weighted by atomic mass is 10.1. The number of hydrogen-bond donors (Lipinski definition) is 1. The Morgan fingerprint density at radius 1 is 1.03 bits per heavy atom. The first-order valence-electron chi connectivity index (χ1n) is 11.7. The van der Waals surface area contributed by atoms with Gasteiger partial charge in [-0.05, 0) is 55.3 Å². The van der Waals surface area contributed by atoms with Gasteiger partial charge in [-0.1, -0.05) is 30.3 Å². The minimum absolute atomic E-state index is 0.0645. The van der Waals surface area contributed by atoms with Crippen molar-refractivity contribution < 1.29 is 23.5 Å². The van der Waals surface area contributed by atoms with Gasteiger partial charge in [0.1, 0.15) is 17.1 Å². The SMILES string of the molecule is Cc1cccc(OCCCn2cc(/C=C3/C(=O)NC(=O)N(Cc4ccco4)C3=O)c3ccccc32)c1. The predicted octanol–water partition coefficient (Wildman–Crippen LogP) is 4.67. The molecule has 0 spiro atoms. The van der Waals surface area contributed by atoms with Crippen LogP contribution >= 0.6 is 0 Å². The van der Waals surface area contributed by atoms with E-state index >= 15 is 0 Å². The van der Waals surface area contributed by atoms with Gasteiger partial charge >= 0.3 is 6.03 Å². The van der Waals surface area contributed by atoms with E-state index in [4.69, 9.17) is 9.15 Å². The van der Waals surface area contributed by atoms with Crippen molar-refractivity contribution in [1.29, 1.82) is 0 Å². The zero-order chi connectivity index (χ0) is 25.1. The molecule has 0 atom stereocenters. The number of furan rings is 1. The molecule has 4 amide bonds. The first kappa shape index (κ1) is 23.2. The minimum atomic E-state index is -0.769. The molecule has 36 heavy (non-hydrogen) atoms. The lowest BCUT2D eigenvalue weighted by molar-refractivity contribution is -0.130. The number of ether oxygens (including phenoxy) is 1. The highest BCUT2D eigenvalue weighted by atomic mass is 16.5. The highest BCUT2D eigenvalue weighted by Crippen LogP contribution is 2.26. The molecule has 8 heteroatoms. The van der Waals surface area contributed by atoms with Crippen LogP contribution in [-0.2, 0) is 22.7 Å². The number of aryl methyl sites for hydroxylation is 2. The van der Waals surface area contributed by atoms with E-state index < -0.39 is 17.8 Å². The molecule has 3 heterocycles. The highest BCUT2D eigenvalue weighted by molar-refractivity contribution is 6.31. The second kappa shape index (κ2) is 9.95. The Kier molecular flexibility index (Phi) is 6.40. The number of carbonyl (C=O) groups is 3. The van der Waals surface area contributed by atoms with Crippen LogP contribution in [0.5, 0.6) is 5.75 Å². The van der Waals surface area contributed by atoms with E-state index in [9.17, 15) is 14.4 Å². The summed E-state index contributed by atoms with van der Waals surface area (Å²) < 4.78 is 13.2. The van der Waals surface area contributed by atoms with Crippen LogP contribution in [0.15, 0.2) is 83.1 Å². The monoisotopic (exact) mass is 483 g/mol. The normalized spacial score (nSPS) is 15.1. The Labute approximate surface area is 207 Å². The number of nitrogens with zero attached hydrogens (tertiary/aromatic N) is 2. The summed E-state index contributed by atoms with van der Waals surface area (Å²) in [6.07, 6.45) is 5.69. The van der Waals surface area contributed by atoms with Crippen LogP contribution in [0.3, 0.4) is 0 Å². The molecule has 0 bridgehead atoms. The van der Waals surface area contributed by atoms with Crippen LogP contribution in [0, 0.1) is 6.92 Å². The quantitative estimate of drug-likeness (QED) is 0.223. The molecule has 0 saturated carbocycles. The fourth-order valence-corrected chi connectivity index (χ4v) is 4.26. The van der Waals surface area contributed by atoms with E-state index in [1.807, 2.05) is 61.7 Å². The van der Waals surface area contributed by atoms with Crippen LogP contribution in [0.2, 0.25) is 0 Å². The van der Waals surface area contributed by atoms with Crippen molar-refractivity contribution in [2.45, 2.75) is 26.4 Å². The summed E-state index contributed by atoms with van der Waals surface area (Å²) in [6, 6.07) is 18.3. The average Bonchev–Trinajstić information content (AvgIpc) is 3.50. The topological polar surface area (TPSA) is 93.8 Å². The Balaban J connectivity index is 1.36. The number of nitrogens with one attached hydrogen (secondary N) is 1. The number of rotatable bonds is 8. The molecule has 0 radical (unpaired) electrons. The molecule has 2 aromatic carbocycles. The molecule has 1 N–H and O–H groups in total. The third-order valence-corrected chi connectivity index (χ3v) is 6.00. The number of aromatic nitrogens is 1. The summed E-state index contributed by atoms with van der Waals surface area (Å²) in [5, 5.41) is 3.16. The molecule has 1 saturated heterocycles. The van der Waals surface area contributed by atoms with Crippen LogP contribution in [-0.4, -0.2) is 33.9 Å². The first-order valence-corrected chi connectivity index (χ1v) is 11.7. The number of hydrogen-bond acceptors (Lipinski definition) is 5. The van der Waals surface area contributed by atoms with Crippen molar-refractivity contribution in [1.82, 2.24) is 14.8 Å². The molecule has 8 nitrogen and oxygen atoms in total. The maximum atomic E-state index is 13.1. The number of imide groups is 2. The fraction of sp³-hybridized carbons (Fsp3) is 0.179. The zero-order valence-electron chi connectivity index (χ0n) is 19.8. The molecule has 0 aliphatic carbocycles. The van der Waals surface area contributed by atoms with Gasteiger partial charge in [-0.25, -0.2) is 4.79 Å². The Hall–Kier alpha value is -4.59. The predicted molar refractivity (Wildman–Crippen MR) is 134 cm³/mol. The number of fused-ring (bicyclic) bond motifs is 1. The van der Waals surface area contributed by atoms with Crippen molar-refractivity contribution in [3.63, 3.8) is 0 Å². The number of para-hydroxylation sites is 1. The standard InChI is InChI=1S/C28H25N3O5/c1-19-7-4-8-21(15-19)35-14-6-12-30-17-20(23-10-2-3-11-25(23)30)16-24-26(32)29-28(34)31(27(24)33)18-22-9-5-13-36-22/h2-5,7-11,13,15-17H,6,12,14,18H2,1H3,(H,29,32,34)/b24-16-. The fourth-order valence-electron chi connectivity index (χ4n) is 4.26. The maximum Gasteiger partial charge on any atom is 0.331 e. The summed E-state index contributed by atoms with van der Waals surface area (Å²) in [5.41, 5.74) is 2.74. The summed E-state index contributed by atoms with van der Waals surface area (Å²) in [4.78, 5) is 39.0. The number of urea groups is 1. The van der Waals surface area contributed by atoms with Gasteiger partial charge in [0.2, 0.25) is 0 Å². The lowest BCUT2D eigenvalue weighted by Crippen LogP contribution is -2.53. The summed E-state index contributed by atoms with van der Waals surface area (Å²) in [5.74, 6) is -0.0995. The second-order valence-electron chi connectivity index (χ2n) is 8.60. The average molecular weight is 484 g/mol. The molecule has 1 aliphatic rings. The highest BCUT2D eigenvalue weighted by Gasteiger charge is 2.36. The van der Waals surface area contributed by atoms with Gasteiger partial charge in [-0.15, -0.1) is 0 Å². The molecule has 4 aromatic rings.